The van der Waals surface area contributed by atoms with E-state index in [0.717, 1.165) is 27.4 Å². The molecule has 25 heavy (non-hydrogen) atoms. The quantitative estimate of drug-likeness (QED) is 0.559. The molecule has 0 saturated carbocycles. The molecule has 0 amide bonds. The minimum Gasteiger partial charge on any atom is -0.305 e. The normalized spacial score (nSPS) is 10.9. The summed E-state index contributed by atoms with van der Waals surface area (Å²) >= 11 is 1.66. The summed E-state index contributed by atoms with van der Waals surface area (Å²) in [5, 5.41) is 2.04. The highest BCUT2D eigenvalue weighted by atomic mass is 32.1. The fourth-order valence-corrected chi connectivity index (χ4v) is 3.70. The summed E-state index contributed by atoms with van der Waals surface area (Å²) in [4.78, 5) is 16.9. The number of imidazole rings is 1. The monoisotopic (exact) mass is 346 g/mol. The molecule has 4 heteroatoms. The van der Waals surface area contributed by atoms with Gasteiger partial charge in [-0.15, -0.1) is 11.3 Å². The van der Waals surface area contributed by atoms with Crippen molar-refractivity contribution in [2.45, 2.75) is 13.5 Å². The number of aryl methyl sites for hydroxylation is 1. The zero-order chi connectivity index (χ0) is 17.2. The van der Waals surface area contributed by atoms with Crippen LogP contribution in [-0.4, -0.2) is 9.55 Å². The molecule has 0 unspecified atom stereocenters. The van der Waals surface area contributed by atoms with Gasteiger partial charge in [0.15, 0.2) is 0 Å². The summed E-state index contributed by atoms with van der Waals surface area (Å²) in [5.41, 5.74) is 4.98. The predicted octanol–water partition coefficient (Wildman–Crippen LogP) is 4.93. The zero-order valence-corrected chi connectivity index (χ0v) is 14.7. The highest BCUT2D eigenvalue weighted by molar-refractivity contribution is 7.09. The Balaban J connectivity index is 1.93. The van der Waals surface area contributed by atoms with Crippen LogP contribution in [0.25, 0.3) is 22.5 Å². The molecule has 0 fully saturated rings. The van der Waals surface area contributed by atoms with E-state index in [9.17, 15) is 4.79 Å². The molecule has 2 aromatic carbocycles. The van der Waals surface area contributed by atoms with Gasteiger partial charge in [-0.25, -0.2) is 4.79 Å². The summed E-state index contributed by atoms with van der Waals surface area (Å²) in [6, 6.07) is 22.4. The predicted molar refractivity (Wildman–Crippen MR) is 104 cm³/mol. The van der Waals surface area contributed by atoms with Crippen molar-refractivity contribution in [3.8, 4) is 22.5 Å². The van der Waals surface area contributed by atoms with Gasteiger partial charge in [-0.3, -0.25) is 4.57 Å². The summed E-state index contributed by atoms with van der Waals surface area (Å²) in [7, 11) is 0. The second-order valence-electron chi connectivity index (χ2n) is 6.05. The van der Waals surface area contributed by atoms with Crippen molar-refractivity contribution in [1.29, 1.82) is 0 Å². The minimum absolute atomic E-state index is 0.0807. The van der Waals surface area contributed by atoms with Crippen molar-refractivity contribution in [3.63, 3.8) is 0 Å². The fourth-order valence-electron chi connectivity index (χ4n) is 3.00. The molecule has 0 atom stereocenters. The van der Waals surface area contributed by atoms with Crippen molar-refractivity contribution in [3.05, 3.63) is 93.0 Å². The molecule has 0 saturated heterocycles. The van der Waals surface area contributed by atoms with Crippen LogP contribution in [0.5, 0.6) is 0 Å². The highest BCUT2D eigenvalue weighted by Gasteiger charge is 2.17. The summed E-state index contributed by atoms with van der Waals surface area (Å²) in [6.45, 7) is 2.64. The van der Waals surface area contributed by atoms with E-state index < -0.39 is 0 Å². The van der Waals surface area contributed by atoms with Crippen LogP contribution in [0.15, 0.2) is 76.9 Å². The molecule has 3 nitrogen and oxygen atoms in total. The van der Waals surface area contributed by atoms with E-state index in [4.69, 9.17) is 0 Å². The Labute approximate surface area is 150 Å². The number of thiophene rings is 1. The Kier molecular flexibility index (Phi) is 4.12. The maximum Gasteiger partial charge on any atom is 0.326 e. The second-order valence-corrected chi connectivity index (χ2v) is 7.08. The summed E-state index contributed by atoms with van der Waals surface area (Å²) < 4.78 is 1.83. The average molecular weight is 346 g/mol. The third kappa shape index (κ3) is 3.08. The summed E-state index contributed by atoms with van der Waals surface area (Å²) in [5.74, 6) is 0. The SMILES string of the molecule is Cc1ccc(-c2c(-c3ccccc3)[nH]c(=O)n2Cc2cccs2)cc1. The molecule has 0 aliphatic carbocycles. The van der Waals surface area contributed by atoms with E-state index in [1.165, 1.54) is 5.56 Å². The number of aromatic nitrogens is 2. The molecule has 0 radical (unpaired) electrons. The largest absolute Gasteiger partial charge is 0.326 e. The average Bonchev–Trinajstić information content (AvgIpc) is 3.26. The van der Waals surface area contributed by atoms with Crippen LogP contribution in [0.2, 0.25) is 0 Å². The second kappa shape index (κ2) is 6.57. The lowest BCUT2D eigenvalue weighted by Gasteiger charge is -2.10. The van der Waals surface area contributed by atoms with Gasteiger partial charge in [0.05, 0.1) is 17.9 Å². The van der Waals surface area contributed by atoms with Crippen molar-refractivity contribution in [1.82, 2.24) is 9.55 Å². The maximum absolute atomic E-state index is 12.7. The van der Waals surface area contributed by atoms with Gasteiger partial charge in [-0.2, -0.15) is 0 Å². The number of nitrogens with zero attached hydrogens (tertiary/aromatic N) is 1. The third-order valence-electron chi connectivity index (χ3n) is 4.27. The van der Waals surface area contributed by atoms with Crippen LogP contribution in [-0.2, 0) is 6.54 Å². The van der Waals surface area contributed by atoms with E-state index >= 15 is 0 Å². The van der Waals surface area contributed by atoms with Gasteiger partial charge in [0.25, 0.3) is 0 Å². The molecular formula is C21H18N2OS. The first kappa shape index (κ1) is 15.7. The smallest absolute Gasteiger partial charge is 0.305 e. The van der Waals surface area contributed by atoms with Crippen LogP contribution in [0.3, 0.4) is 0 Å². The van der Waals surface area contributed by atoms with E-state index in [1.54, 1.807) is 11.3 Å². The maximum atomic E-state index is 12.7. The Morgan fingerprint density at radius 1 is 0.920 bits per heavy atom. The molecule has 124 valence electrons. The molecule has 0 aliphatic heterocycles. The number of nitrogens with one attached hydrogen (secondary N) is 1. The first-order valence-electron chi connectivity index (χ1n) is 8.20. The van der Waals surface area contributed by atoms with Crippen molar-refractivity contribution in [2.75, 3.05) is 0 Å². The van der Waals surface area contributed by atoms with Crippen molar-refractivity contribution < 1.29 is 0 Å². The summed E-state index contributed by atoms with van der Waals surface area (Å²) in [6.07, 6.45) is 0. The van der Waals surface area contributed by atoms with Gasteiger partial charge >= 0.3 is 5.69 Å². The standard InChI is InChI=1S/C21H18N2OS/c1-15-9-11-17(12-10-15)20-19(16-6-3-2-4-7-16)22-21(24)23(20)14-18-8-5-13-25-18/h2-13H,14H2,1H3,(H,22,24). The molecule has 0 bridgehead atoms. The van der Waals surface area contributed by atoms with Crippen LogP contribution in [0.1, 0.15) is 10.4 Å². The fraction of sp³-hybridized carbons (Fsp3) is 0.0952. The lowest BCUT2D eigenvalue weighted by molar-refractivity contribution is 0.780. The third-order valence-corrected chi connectivity index (χ3v) is 5.13. The lowest BCUT2D eigenvalue weighted by atomic mass is 10.0. The number of hydrogen-bond acceptors (Lipinski definition) is 2. The van der Waals surface area contributed by atoms with E-state index in [2.05, 4.69) is 42.2 Å². The minimum atomic E-state index is -0.0807. The number of aromatic amines is 1. The van der Waals surface area contributed by atoms with E-state index in [0.29, 0.717) is 6.54 Å². The number of rotatable bonds is 4. The van der Waals surface area contributed by atoms with E-state index in [-0.39, 0.29) is 5.69 Å². The van der Waals surface area contributed by atoms with Gasteiger partial charge in [-0.05, 0) is 18.4 Å². The molecular weight excluding hydrogens is 328 g/mol. The number of H-pyrrole nitrogens is 1. The van der Waals surface area contributed by atoms with Crippen LogP contribution < -0.4 is 5.69 Å². The molecule has 1 N–H and O–H groups in total. The van der Waals surface area contributed by atoms with Crippen LogP contribution >= 0.6 is 11.3 Å². The van der Waals surface area contributed by atoms with Gasteiger partial charge in [-0.1, -0.05) is 66.2 Å². The lowest BCUT2D eigenvalue weighted by Crippen LogP contribution is -2.17. The molecule has 2 aromatic heterocycles. The zero-order valence-electron chi connectivity index (χ0n) is 13.9. The first-order valence-corrected chi connectivity index (χ1v) is 9.08. The van der Waals surface area contributed by atoms with Crippen LogP contribution in [0, 0.1) is 6.92 Å². The highest BCUT2D eigenvalue weighted by Crippen LogP contribution is 2.30. The van der Waals surface area contributed by atoms with Crippen molar-refractivity contribution >= 4 is 11.3 Å². The Bertz CT molecular complexity index is 1030. The first-order chi connectivity index (χ1) is 12.2. The van der Waals surface area contributed by atoms with Gasteiger partial charge in [0.2, 0.25) is 0 Å². The number of benzene rings is 2. The Morgan fingerprint density at radius 3 is 2.36 bits per heavy atom. The van der Waals surface area contributed by atoms with Crippen LogP contribution in [0.4, 0.5) is 0 Å². The van der Waals surface area contributed by atoms with Crippen molar-refractivity contribution in [2.24, 2.45) is 0 Å². The van der Waals surface area contributed by atoms with Gasteiger partial charge in [0, 0.05) is 16.0 Å². The number of hydrogen-bond donors (Lipinski definition) is 1. The van der Waals surface area contributed by atoms with Gasteiger partial charge < -0.3 is 4.98 Å². The van der Waals surface area contributed by atoms with Gasteiger partial charge in [0.1, 0.15) is 0 Å². The van der Waals surface area contributed by atoms with E-state index in [1.807, 2.05) is 46.3 Å². The molecule has 0 spiro atoms. The molecule has 4 rings (SSSR count). The molecule has 2 heterocycles. The Hall–Kier alpha value is -2.85. The molecule has 0 aliphatic rings. The molecule has 4 aromatic rings. The topological polar surface area (TPSA) is 37.8 Å². The Morgan fingerprint density at radius 2 is 1.68 bits per heavy atom.